The molecular weight excluding hydrogens is 348 g/mol. The Balaban J connectivity index is 1.92. The van der Waals surface area contributed by atoms with Crippen LogP contribution in [0.2, 0.25) is 0 Å². The highest BCUT2D eigenvalue weighted by Crippen LogP contribution is 2.34. The van der Waals surface area contributed by atoms with Crippen molar-refractivity contribution in [2.75, 3.05) is 19.5 Å². The van der Waals surface area contributed by atoms with Crippen LogP contribution in [-0.4, -0.2) is 25.1 Å². The number of amides is 1. The number of fused-ring (bicyclic) bond motifs is 1. The Morgan fingerprint density at radius 1 is 1.27 bits per heavy atom. The predicted octanol–water partition coefficient (Wildman–Crippen LogP) is 4.60. The summed E-state index contributed by atoms with van der Waals surface area (Å²) in [7, 11) is 3.13. The fraction of sp³-hybridized carbons (Fsp3) is 0.200. The summed E-state index contributed by atoms with van der Waals surface area (Å²) in [5, 5.41) is 3.44. The molecule has 0 aliphatic rings. The van der Waals surface area contributed by atoms with Crippen LogP contribution in [0.3, 0.4) is 0 Å². The molecule has 1 amide bonds. The van der Waals surface area contributed by atoms with Crippen molar-refractivity contribution in [1.82, 2.24) is 4.98 Å². The molecule has 5 nitrogen and oxygen atoms in total. The first-order chi connectivity index (χ1) is 12.5. The van der Waals surface area contributed by atoms with E-state index < -0.39 is 0 Å². The van der Waals surface area contributed by atoms with Crippen LogP contribution in [0.4, 0.5) is 5.13 Å². The van der Waals surface area contributed by atoms with Crippen LogP contribution >= 0.6 is 11.3 Å². The van der Waals surface area contributed by atoms with E-state index >= 15 is 0 Å². The normalized spacial score (nSPS) is 10.6. The number of methoxy groups -OCH3 is 2. The van der Waals surface area contributed by atoms with Crippen LogP contribution in [0.5, 0.6) is 11.5 Å². The van der Waals surface area contributed by atoms with Gasteiger partial charge in [0.15, 0.2) is 16.6 Å². The Morgan fingerprint density at radius 3 is 2.77 bits per heavy atom. The summed E-state index contributed by atoms with van der Waals surface area (Å²) < 4.78 is 11.8. The van der Waals surface area contributed by atoms with E-state index in [1.807, 2.05) is 19.1 Å². The number of aryl methyl sites for hydroxylation is 1. The van der Waals surface area contributed by atoms with E-state index in [2.05, 4.69) is 22.9 Å². The molecule has 1 N–H and O–H groups in total. The topological polar surface area (TPSA) is 60.5 Å². The Morgan fingerprint density at radius 2 is 2.08 bits per heavy atom. The van der Waals surface area contributed by atoms with Gasteiger partial charge in [0.1, 0.15) is 0 Å². The maximum atomic E-state index is 12.7. The molecule has 134 valence electrons. The van der Waals surface area contributed by atoms with Gasteiger partial charge >= 0.3 is 0 Å². The van der Waals surface area contributed by atoms with Gasteiger partial charge in [0.25, 0.3) is 5.91 Å². The number of nitrogens with one attached hydrogen (secondary N) is 1. The quantitative estimate of drug-likeness (QED) is 0.646. The number of thiazole rings is 1. The van der Waals surface area contributed by atoms with Gasteiger partial charge in [0.2, 0.25) is 0 Å². The molecule has 0 fully saturated rings. The number of benzene rings is 2. The third kappa shape index (κ3) is 3.55. The molecule has 0 aliphatic carbocycles. The summed E-state index contributed by atoms with van der Waals surface area (Å²) in [6, 6.07) is 9.47. The molecule has 1 heterocycles. The lowest BCUT2D eigenvalue weighted by Crippen LogP contribution is -2.12. The van der Waals surface area contributed by atoms with E-state index in [-0.39, 0.29) is 5.91 Å². The van der Waals surface area contributed by atoms with Crippen LogP contribution in [0.25, 0.3) is 10.2 Å². The van der Waals surface area contributed by atoms with Gasteiger partial charge in [-0.15, -0.1) is 6.58 Å². The largest absolute Gasteiger partial charge is 0.493 e. The summed E-state index contributed by atoms with van der Waals surface area (Å²) in [6.07, 6.45) is 2.33. The minimum atomic E-state index is -0.243. The molecule has 0 saturated carbocycles. The molecule has 1 aromatic heterocycles. The van der Waals surface area contributed by atoms with Crippen molar-refractivity contribution in [3.05, 3.63) is 59.7 Å². The Kier molecular flexibility index (Phi) is 5.23. The number of carbonyl (C=O) groups is 1. The molecule has 26 heavy (non-hydrogen) atoms. The second-order valence-electron chi connectivity index (χ2n) is 5.81. The maximum absolute atomic E-state index is 12.7. The van der Waals surface area contributed by atoms with Crippen molar-refractivity contribution < 1.29 is 14.3 Å². The Bertz CT molecular complexity index is 979. The third-order valence-corrected chi connectivity index (χ3v) is 4.88. The number of nitrogens with zero attached hydrogens (tertiary/aromatic N) is 1. The van der Waals surface area contributed by atoms with Crippen LogP contribution in [0, 0.1) is 6.92 Å². The fourth-order valence-corrected chi connectivity index (χ4v) is 3.70. The number of rotatable bonds is 6. The molecule has 0 atom stereocenters. The van der Waals surface area contributed by atoms with Gasteiger partial charge in [-0.1, -0.05) is 23.5 Å². The maximum Gasteiger partial charge on any atom is 0.257 e. The minimum Gasteiger partial charge on any atom is -0.493 e. The minimum absolute atomic E-state index is 0.243. The van der Waals surface area contributed by atoms with Crippen LogP contribution in [0.15, 0.2) is 43.0 Å². The molecule has 2 aromatic carbocycles. The number of ether oxygens (including phenoxy) is 2. The van der Waals surface area contributed by atoms with Crippen molar-refractivity contribution in [1.29, 1.82) is 0 Å². The van der Waals surface area contributed by atoms with E-state index in [1.54, 1.807) is 32.4 Å². The van der Waals surface area contributed by atoms with E-state index in [1.165, 1.54) is 11.3 Å². The molecular formula is C20H20N2O3S. The SMILES string of the molecule is C=CCc1cc(C(=O)Nc2nc3ccc(C)cc3s2)cc(OC)c1OC. The summed E-state index contributed by atoms with van der Waals surface area (Å²) >= 11 is 1.45. The van der Waals surface area contributed by atoms with E-state index in [0.29, 0.717) is 28.6 Å². The summed E-state index contributed by atoms with van der Waals surface area (Å²) in [5.41, 5.74) is 3.35. The van der Waals surface area contributed by atoms with Crippen molar-refractivity contribution in [2.45, 2.75) is 13.3 Å². The van der Waals surface area contributed by atoms with Crippen LogP contribution < -0.4 is 14.8 Å². The second-order valence-corrected chi connectivity index (χ2v) is 6.84. The van der Waals surface area contributed by atoms with Gasteiger partial charge < -0.3 is 9.47 Å². The molecule has 0 saturated heterocycles. The number of carbonyl (C=O) groups excluding carboxylic acids is 1. The molecule has 0 spiro atoms. The lowest BCUT2D eigenvalue weighted by atomic mass is 10.1. The summed E-state index contributed by atoms with van der Waals surface area (Å²) in [6.45, 7) is 5.79. The van der Waals surface area contributed by atoms with E-state index in [9.17, 15) is 4.79 Å². The predicted molar refractivity (Wildman–Crippen MR) is 106 cm³/mol. The zero-order valence-corrected chi connectivity index (χ0v) is 15.8. The van der Waals surface area contributed by atoms with Crippen molar-refractivity contribution in [2.24, 2.45) is 0 Å². The number of allylic oxidation sites excluding steroid dienone is 1. The highest BCUT2D eigenvalue weighted by Gasteiger charge is 2.17. The third-order valence-electron chi connectivity index (χ3n) is 3.95. The Labute approximate surface area is 156 Å². The first-order valence-corrected chi connectivity index (χ1v) is 8.91. The lowest BCUT2D eigenvalue weighted by Gasteiger charge is -2.14. The number of anilines is 1. The van der Waals surface area contributed by atoms with Crippen LogP contribution in [0.1, 0.15) is 21.5 Å². The average Bonchev–Trinajstić information content (AvgIpc) is 3.02. The van der Waals surface area contributed by atoms with E-state index in [4.69, 9.17) is 9.47 Å². The molecule has 3 aromatic rings. The molecule has 0 bridgehead atoms. The number of hydrogen-bond donors (Lipinski definition) is 1. The van der Waals surface area contributed by atoms with Gasteiger partial charge in [-0.05, 0) is 43.2 Å². The van der Waals surface area contributed by atoms with Gasteiger partial charge in [0, 0.05) is 11.1 Å². The second kappa shape index (κ2) is 7.58. The summed E-state index contributed by atoms with van der Waals surface area (Å²) in [5.74, 6) is 0.878. The average molecular weight is 368 g/mol. The van der Waals surface area contributed by atoms with Gasteiger partial charge in [-0.2, -0.15) is 0 Å². The fourth-order valence-electron chi connectivity index (χ4n) is 2.74. The van der Waals surface area contributed by atoms with Crippen LogP contribution in [-0.2, 0) is 6.42 Å². The highest BCUT2D eigenvalue weighted by molar-refractivity contribution is 7.22. The highest BCUT2D eigenvalue weighted by atomic mass is 32.1. The van der Waals surface area contributed by atoms with Crippen molar-refractivity contribution in [3.63, 3.8) is 0 Å². The van der Waals surface area contributed by atoms with Gasteiger partial charge in [-0.3, -0.25) is 10.1 Å². The smallest absolute Gasteiger partial charge is 0.257 e. The van der Waals surface area contributed by atoms with Gasteiger partial charge in [0.05, 0.1) is 24.4 Å². The first-order valence-electron chi connectivity index (χ1n) is 8.10. The van der Waals surface area contributed by atoms with Crippen molar-refractivity contribution in [3.8, 4) is 11.5 Å². The number of aromatic nitrogens is 1. The molecule has 0 radical (unpaired) electrons. The molecule has 3 rings (SSSR count). The standard InChI is InChI=1S/C20H20N2O3S/c1-5-6-13-10-14(11-16(24-3)18(13)25-4)19(23)22-20-21-15-8-7-12(2)9-17(15)26-20/h5,7-11H,1,6H2,2-4H3,(H,21,22,23). The molecule has 0 aliphatic heterocycles. The zero-order chi connectivity index (χ0) is 18.7. The zero-order valence-electron chi connectivity index (χ0n) is 15.0. The molecule has 0 unspecified atom stereocenters. The van der Waals surface area contributed by atoms with Crippen molar-refractivity contribution >= 4 is 32.6 Å². The monoisotopic (exact) mass is 368 g/mol. The summed E-state index contributed by atoms with van der Waals surface area (Å²) in [4.78, 5) is 17.2. The lowest BCUT2D eigenvalue weighted by molar-refractivity contribution is 0.102. The van der Waals surface area contributed by atoms with E-state index in [0.717, 1.165) is 21.3 Å². The number of hydrogen-bond acceptors (Lipinski definition) is 5. The Hall–Kier alpha value is -2.86. The first kappa shape index (κ1) is 17.9. The van der Waals surface area contributed by atoms with Gasteiger partial charge in [-0.25, -0.2) is 4.98 Å². The molecule has 6 heteroatoms.